The Hall–Kier alpha value is -1.28. The molecule has 0 aromatic heterocycles. The summed E-state index contributed by atoms with van der Waals surface area (Å²) in [5.74, 6) is -0.746. The van der Waals surface area contributed by atoms with E-state index in [-0.39, 0.29) is 38.6 Å². The quantitative estimate of drug-likeness (QED) is 0.415. The van der Waals surface area contributed by atoms with Crippen molar-refractivity contribution in [2.24, 2.45) is 0 Å². The molecular weight excluding hydrogens is 274 g/mol. The van der Waals surface area contributed by atoms with E-state index in [0.717, 1.165) is 0 Å². The van der Waals surface area contributed by atoms with Gasteiger partial charge in [0.25, 0.3) is 6.43 Å². The van der Waals surface area contributed by atoms with Crippen molar-refractivity contribution in [3.8, 4) is 0 Å². The first-order chi connectivity index (χ1) is 9.49. The van der Waals surface area contributed by atoms with Crippen molar-refractivity contribution in [2.45, 2.75) is 26.2 Å². The minimum Gasteiger partial charge on any atom is -0.466 e. The lowest BCUT2D eigenvalue weighted by molar-refractivity contribution is -0.143. The SMILES string of the molecule is CCOC(=O)CCCNC(=O)CN(CCO)CC(F)F. The first kappa shape index (κ1) is 18.7. The van der Waals surface area contributed by atoms with Crippen molar-refractivity contribution >= 4 is 11.9 Å². The second-order valence-corrected chi connectivity index (χ2v) is 4.11. The lowest BCUT2D eigenvalue weighted by atomic mass is 10.3. The molecule has 0 bridgehead atoms. The van der Waals surface area contributed by atoms with E-state index in [2.05, 4.69) is 5.32 Å². The highest BCUT2D eigenvalue weighted by Crippen LogP contribution is 1.98. The van der Waals surface area contributed by atoms with Crippen LogP contribution in [0.25, 0.3) is 0 Å². The number of halogens is 2. The molecule has 0 heterocycles. The number of carbonyl (C=O) groups excluding carboxylic acids is 2. The molecule has 0 unspecified atom stereocenters. The Kier molecular flexibility index (Phi) is 10.8. The maximum Gasteiger partial charge on any atom is 0.305 e. The standard InChI is InChI=1S/C12H22F2N2O4/c1-2-20-12(19)4-3-5-15-11(18)9-16(6-7-17)8-10(13)14/h10,17H,2-9H2,1H3,(H,15,18). The van der Waals surface area contributed by atoms with Crippen LogP contribution in [0.15, 0.2) is 0 Å². The first-order valence-electron chi connectivity index (χ1n) is 6.53. The zero-order valence-electron chi connectivity index (χ0n) is 11.6. The van der Waals surface area contributed by atoms with Gasteiger partial charge in [0.05, 0.1) is 26.3 Å². The number of carbonyl (C=O) groups is 2. The Labute approximate surface area is 117 Å². The topological polar surface area (TPSA) is 78.9 Å². The van der Waals surface area contributed by atoms with Gasteiger partial charge in [0.1, 0.15) is 0 Å². The molecule has 20 heavy (non-hydrogen) atoms. The average molecular weight is 296 g/mol. The molecule has 0 aromatic carbocycles. The molecule has 0 rings (SSSR count). The van der Waals surface area contributed by atoms with Crippen molar-refractivity contribution in [2.75, 3.05) is 39.4 Å². The van der Waals surface area contributed by atoms with Gasteiger partial charge in [-0.25, -0.2) is 8.78 Å². The monoisotopic (exact) mass is 296 g/mol. The van der Waals surface area contributed by atoms with Gasteiger partial charge >= 0.3 is 5.97 Å². The second-order valence-electron chi connectivity index (χ2n) is 4.11. The predicted octanol–water partition coefficient (Wildman–Crippen LogP) is 0.00530. The number of ether oxygens (including phenoxy) is 1. The van der Waals surface area contributed by atoms with Crippen LogP contribution in [0.4, 0.5) is 8.78 Å². The van der Waals surface area contributed by atoms with Crippen LogP contribution < -0.4 is 5.32 Å². The molecule has 8 heteroatoms. The third-order valence-corrected chi connectivity index (χ3v) is 2.36. The molecule has 0 aliphatic carbocycles. The smallest absolute Gasteiger partial charge is 0.305 e. The molecule has 118 valence electrons. The molecular formula is C12H22F2N2O4. The molecule has 0 radical (unpaired) electrons. The Balaban J connectivity index is 3.81. The van der Waals surface area contributed by atoms with Crippen molar-refractivity contribution in [1.82, 2.24) is 10.2 Å². The summed E-state index contributed by atoms with van der Waals surface area (Å²) >= 11 is 0. The Morgan fingerprint density at radius 2 is 2.10 bits per heavy atom. The van der Waals surface area contributed by atoms with E-state index in [1.165, 1.54) is 4.90 Å². The van der Waals surface area contributed by atoms with Crippen molar-refractivity contribution in [3.05, 3.63) is 0 Å². The van der Waals surface area contributed by atoms with Crippen LogP contribution in [0, 0.1) is 0 Å². The number of rotatable bonds is 11. The van der Waals surface area contributed by atoms with Crippen molar-refractivity contribution in [1.29, 1.82) is 0 Å². The summed E-state index contributed by atoms with van der Waals surface area (Å²) in [6.07, 6.45) is -1.93. The van der Waals surface area contributed by atoms with E-state index in [9.17, 15) is 18.4 Å². The number of hydrogen-bond acceptors (Lipinski definition) is 5. The maximum absolute atomic E-state index is 12.2. The molecule has 0 aliphatic heterocycles. The third-order valence-electron chi connectivity index (χ3n) is 2.36. The van der Waals surface area contributed by atoms with Crippen molar-refractivity contribution < 1.29 is 28.2 Å². The molecule has 2 N–H and O–H groups in total. The van der Waals surface area contributed by atoms with Gasteiger partial charge in [-0.3, -0.25) is 14.5 Å². The van der Waals surface area contributed by atoms with Gasteiger partial charge in [-0.1, -0.05) is 0 Å². The summed E-state index contributed by atoms with van der Waals surface area (Å²) in [5, 5.41) is 11.2. The Bertz CT molecular complexity index is 291. The Morgan fingerprint density at radius 1 is 1.40 bits per heavy atom. The van der Waals surface area contributed by atoms with Crippen LogP contribution in [0.1, 0.15) is 19.8 Å². The van der Waals surface area contributed by atoms with E-state index in [0.29, 0.717) is 13.0 Å². The number of amides is 1. The number of aliphatic hydroxyl groups is 1. The van der Waals surface area contributed by atoms with Crippen LogP contribution >= 0.6 is 0 Å². The van der Waals surface area contributed by atoms with Crippen LogP contribution in [0.2, 0.25) is 0 Å². The van der Waals surface area contributed by atoms with Crippen LogP contribution in [0.5, 0.6) is 0 Å². The number of hydrogen-bond donors (Lipinski definition) is 2. The van der Waals surface area contributed by atoms with E-state index < -0.39 is 18.9 Å². The predicted molar refractivity (Wildman–Crippen MR) is 68.4 cm³/mol. The summed E-state index contributed by atoms with van der Waals surface area (Å²) in [4.78, 5) is 23.7. The molecule has 0 saturated carbocycles. The highest BCUT2D eigenvalue weighted by atomic mass is 19.3. The van der Waals surface area contributed by atoms with Gasteiger partial charge in [-0.2, -0.15) is 0 Å². The first-order valence-corrected chi connectivity index (χ1v) is 6.53. The molecule has 0 spiro atoms. The van der Waals surface area contributed by atoms with E-state index in [1.807, 2.05) is 0 Å². The van der Waals surface area contributed by atoms with E-state index >= 15 is 0 Å². The fraction of sp³-hybridized carbons (Fsp3) is 0.833. The summed E-state index contributed by atoms with van der Waals surface area (Å²) in [7, 11) is 0. The van der Waals surface area contributed by atoms with Gasteiger partial charge < -0.3 is 15.2 Å². The zero-order valence-corrected chi connectivity index (χ0v) is 11.6. The molecule has 0 aliphatic rings. The van der Waals surface area contributed by atoms with Gasteiger partial charge in [-0.15, -0.1) is 0 Å². The minimum atomic E-state index is -2.56. The Morgan fingerprint density at radius 3 is 2.65 bits per heavy atom. The number of aliphatic hydroxyl groups excluding tert-OH is 1. The van der Waals surface area contributed by atoms with E-state index in [4.69, 9.17) is 9.84 Å². The van der Waals surface area contributed by atoms with Crippen LogP contribution in [0.3, 0.4) is 0 Å². The summed E-state index contributed by atoms with van der Waals surface area (Å²) < 4.78 is 29.2. The fourth-order valence-electron chi connectivity index (χ4n) is 1.52. The van der Waals surface area contributed by atoms with Gasteiger partial charge in [-0.05, 0) is 13.3 Å². The molecule has 1 amide bonds. The van der Waals surface area contributed by atoms with Gasteiger partial charge in [0.2, 0.25) is 5.91 Å². The molecule has 0 atom stereocenters. The van der Waals surface area contributed by atoms with Crippen LogP contribution in [-0.4, -0.2) is 67.7 Å². The lowest BCUT2D eigenvalue weighted by Gasteiger charge is -2.19. The average Bonchev–Trinajstić information content (AvgIpc) is 2.34. The maximum atomic E-state index is 12.2. The second kappa shape index (κ2) is 11.5. The normalized spacial score (nSPS) is 10.9. The third kappa shape index (κ3) is 10.6. The number of alkyl halides is 2. The highest BCUT2D eigenvalue weighted by molar-refractivity contribution is 5.78. The zero-order chi connectivity index (χ0) is 15.4. The fourth-order valence-corrected chi connectivity index (χ4v) is 1.52. The molecule has 0 aromatic rings. The molecule has 6 nitrogen and oxygen atoms in total. The number of esters is 1. The summed E-state index contributed by atoms with van der Waals surface area (Å²) in [6, 6.07) is 0. The lowest BCUT2D eigenvalue weighted by Crippen LogP contribution is -2.41. The number of nitrogens with one attached hydrogen (secondary N) is 1. The summed E-state index contributed by atoms with van der Waals surface area (Å²) in [5.41, 5.74) is 0. The molecule has 0 fully saturated rings. The molecule has 0 saturated heterocycles. The van der Waals surface area contributed by atoms with E-state index in [1.54, 1.807) is 6.92 Å². The summed E-state index contributed by atoms with van der Waals surface area (Å²) in [6.45, 7) is 1.26. The number of nitrogens with zero attached hydrogens (tertiary/aromatic N) is 1. The minimum absolute atomic E-state index is 0.0145. The van der Waals surface area contributed by atoms with Gasteiger partial charge in [0, 0.05) is 19.5 Å². The van der Waals surface area contributed by atoms with Crippen molar-refractivity contribution in [3.63, 3.8) is 0 Å². The highest BCUT2D eigenvalue weighted by Gasteiger charge is 2.14. The van der Waals surface area contributed by atoms with Gasteiger partial charge in [0.15, 0.2) is 0 Å². The largest absolute Gasteiger partial charge is 0.466 e. The van der Waals surface area contributed by atoms with Crippen LogP contribution in [-0.2, 0) is 14.3 Å².